The Hall–Kier alpha value is -3.67. The maximum absolute atomic E-state index is 14.3. The van der Waals surface area contributed by atoms with Crippen molar-refractivity contribution in [2.45, 2.75) is 33.0 Å². The van der Waals surface area contributed by atoms with Gasteiger partial charge in [-0.1, -0.05) is 13.0 Å². The van der Waals surface area contributed by atoms with Crippen molar-refractivity contribution in [3.63, 3.8) is 0 Å². The van der Waals surface area contributed by atoms with Crippen LogP contribution in [0, 0.1) is 17.1 Å². The molecule has 0 radical (unpaired) electrons. The van der Waals surface area contributed by atoms with Crippen LogP contribution in [-0.4, -0.2) is 17.6 Å². The number of hydrogen-bond acceptors (Lipinski definition) is 5. The number of nitrogens with zero attached hydrogens (tertiary/aromatic N) is 2. The molecule has 0 saturated heterocycles. The SMILES string of the molecule is CCOC(=O)c1cnc2c(CC)cc(C#N)cc2c1NCc1ccc(C(F)(F)F)cc1F. The fraction of sp³-hybridized carbons (Fsp3) is 0.261. The van der Waals surface area contributed by atoms with Gasteiger partial charge >= 0.3 is 12.1 Å². The smallest absolute Gasteiger partial charge is 0.416 e. The maximum Gasteiger partial charge on any atom is 0.416 e. The topological polar surface area (TPSA) is 75.0 Å². The highest BCUT2D eigenvalue weighted by Gasteiger charge is 2.31. The fourth-order valence-electron chi connectivity index (χ4n) is 3.32. The van der Waals surface area contributed by atoms with Crippen LogP contribution in [0.1, 0.15) is 46.5 Å². The predicted octanol–water partition coefficient (Wildman–Crippen LogP) is 5.62. The minimum Gasteiger partial charge on any atom is -0.462 e. The molecule has 1 heterocycles. The van der Waals surface area contributed by atoms with Crippen LogP contribution < -0.4 is 5.32 Å². The lowest BCUT2D eigenvalue weighted by Gasteiger charge is -2.16. The molecule has 3 aromatic rings. The van der Waals surface area contributed by atoms with Gasteiger partial charge in [0.15, 0.2) is 0 Å². The lowest BCUT2D eigenvalue weighted by atomic mass is 10.0. The van der Waals surface area contributed by atoms with Gasteiger partial charge in [0, 0.05) is 23.7 Å². The van der Waals surface area contributed by atoms with Crippen molar-refractivity contribution in [3.8, 4) is 6.07 Å². The van der Waals surface area contributed by atoms with Gasteiger partial charge in [0.2, 0.25) is 0 Å². The molecule has 0 saturated carbocycles. The lowest BCUT2D eigenvalue weighted by molar-refractivity contribution is -0.137. The quantitative estimate of drug-likeness (QED) is 0.394. The van der Waals surface area contributed by atoms with Gasteiger partial charge in [-0.2, -0.15) is 18.4 Å². The zero-order chi connectivity index (χ0) is 23.5. The Bertz CT molecular complexity index is 1220. The van der Waals surface area contributed by atoms with Crippen molar-refractivity contribution in [2.75, 3.05) is 11.9 Å². The molecule has 0 unspecified atom stereocenters. The summed E-state index contributed by atoms with van der Waals surface area (Å²) in [7, 11) is 0. The third kappa shape index (κ3) is 4.64. The molecule has 3 rings (SSSR count). The van der Waals surface area contributed by atoms with Crippen LogP contribution in [0.15, 0.2) is 36.5 Å². The molecule has 0 spiro atoms. The van der Waals surface area contributed by atoms with Crippen LogP contribution in [0.25, 0.3) is 10.9 Å². The Morgan fingerprint density at radius 1 is 1.19 bits per heavy atom. The van der Waals surface area contributed by atoms with E-state index in [-0.39, 0.29) is 30.0 Å². The van der Waals surface area contributed by atoms with Crippen molar-refractivity contribution in [2.24, 2.45) is 0 Å². The van der Waals surface area contributed by atoms with Crippen LogP contribution in [0.2, 0.25) is 0 Å². The zero-order valence-electron chi connectivity index (χ0n) is 17.3. The van der Waals surface area contributed by atoms with Crippen LogP contribution >= 0.6 is 0 Å². The molecule has 1 aromatic heterocycles. The summed E-state index contributed by atoms with van der Waals surface area (Å²) in [6, 6.07) is 7.56. The molecule has 32 heavy (non-hydrogen) atoms. The Morgan fingerprint density at radius 2 is 1.94 bits per heavy atom. The van der Waals surface area contributed by atoms with E-state index < -0.39 is 23.5 Å². The molecule has 0 atom stereocenters. The first-order chi connectivity index (χ1) is 15.2. The van der Waals surface area contributed by atoms with Gasteiger partial charge in [-0.15, -0.1) is 0 Å². The first kappa shape index (κ1) is 23.0. The van der Waals surface area contributed by atoms with Gasteiger partial charge in [0.05, 0.1) is 35.0 Å². The molecule has 166 valence electrons. The first-order valence-corrected chi connectivity index (χ1v) is 9.81. The van der Waals surface area contributed by atoms with Gasteiger partial charge in [-0.3, -0.25) is 4.98 Å². The van der Waals surface area contributed by atoms with E-state index in [1.165, 1.54) is 6.20 Å². The average molecular weight is 445 g/mol. The number of ether oxygens (including phenoxy) is 1. The molecular formula is C23H19F4N3O2. The van der Waals surface area contributed by atoms with E-state index in [1.54, 1.807) is 19.1 Å². The molecule has 0 amide bonds. The summed E-state index contributed by atoms with van der Waals surface area (Å²) in [4.78, 5) is 16.8. The number of benzene rings is 2. The third-order valence-electron chi connectivity index (χ3n) is 4.89. The molecule has 0 aliphatic heterocycles. The van der Waals surface area contributed by atoms with E-state index >= 15 is 0 Å². The van der Waals surface area contributed by atoms with Crippen LogP contribution in [-0.2, 0) is 23.9 Å². The molecule has 0 aliphatic carbocycles. The summed E-state index contributed by atoms with van der Waals surface area (Å²) in [6.07, 6.45) is -2.75. The molecule has 0 fully saturated rings. The summed E-state index contributed by atoms with van der Waals surface area (Å²) in [5, 5.41) is 12.8. The number of aromatic nitrogens is 1. The largest absolute Gasteiger partial charge is 0.462 e. The number of carbonyl (C=O) groups is 1. The highest BCUT2D eigenvalue weighted by Crippen LogP contribution is 2.32. The molecule has 0 bridgehead atoms. The number of rotatable bonds is 6. The van der Waals surface area contributed by atoms with Gasteiger partial charge in [0.25, 0.3) is 0 Å². The van der Waals surface area contributed by atoms with Gasteiger partial charge in [-0.25, -0.2) is 9.18 Å². The van der Waals surface area contributed by atoms with Crippen LogP contribution in [0.3, 0.4) is 0 Å². The summed E-state index contributed by atoms with van der Waals surface area (Å²) in [5.74, 6) is -1.70. The molecule has 5 nitrogen and oxygen atoms in total. The lowest BCUT2D eigenvalue weighted by Crippen LogP contribution is -2.13. The highest BCUT2D eigenvalue weighted by atomic mass is 19.4. The highest BCUT2D eigenvalue weighted by molar-refractivity contribution is 6.06. The van der Waals surface area contributed by atoms with Crippen molar-refractivity contribution < 1.29 is 27.1 Å². The number of carbonyl (C=O) groups excluding carboxylic acids is 1. The Balaban J connectivity index is 2.10. The van der Waals surface area contributed by atoms with E-state index in [9.17, 15) is 27.6 Å². The normalized spacial score (nSPS) is 11.3. The third-order valence-corrected chi connectivity index (χ3v) is 4.89. The average Bonchev–Trinajstić information content (AvgIpc) is 2.76. The molecule has 2 aromatic carbocycles. The van der Waals surface area contributed by atoms with E-state index in [1.807, 2.05) is 6.92 Å². The second kappa shape index (κ2) is 9.22. The number of nitriles is 1. The van der Waals surface area contributed by atoms with Gasteiger partial charge in [0.1, 0.15) is 11.4 Å². The van der Waals surface area contributed by atoms with Gasteiger partial charge in [-0.05, 0) is 43.2 Å². The number of hydrogen-bond donors (Lipinski definition) is 1. The molecule has 9 heteroatoms. The Kier molecular flexibility index (Phi) is 6.63. The molecule has 1 N–H and O–H groups in total. The van der Waals surface area contributed by atoms with Crippen molar-refractivity contribution in [1.82, 2.24) is 4.98 Å². The Labute approximate surface area is 181 Å². The van der Waals surface area contributed by atoms with Crippen molar-refractivity contribution in [3.05, 3.63) is 70.2 Å². The predicted molar refractivity (Wildman–Crippen MR) is 111 cm³/mol. The Morgan fingerprint density at radius 3 is 2.53 bits per heavy atom. The number of fused-ring (bicyclic) bond motifs is 1. The number of esters is 1. The van der Waals surface area contributed by atoms with Crippen LogP contribution in [0.4, 0.5) is 23.2 Å². The number of pyridine rings is 1. The number of alkyl halides is 3. The number of nitrogens with one attached hydrogen (secondary N) is 1. The standard InChI is InChI=1S/C23H19F4N3O2/c1-3-14-7-13(10-28)8-17-20(14)30-12-18(22(31)32-4-2)21(17)29-11-15-5-6-16(9-19(15)24)23(25,26)27/h5-9,12H,3-4,11H2,1-2H3,(H,29,30). The number of halogens is 4. The second-order valence-corrected chi connectivity index (χ2v) is 6.92. The maximum atomic E-state index is 14.3. The summed E-state index contributed by atoms with van der Waals surface area (Å²) in [5.41, 5.74) is 0.897. The summed E-state index contributed by atoms with van der Waals surface area (Å²) in [6.45, 7) is 3.44. The van der Waals surface area contributed by atoms with Gasteiger partial charge < -0.3 is 10.1 Å². The van der Waals surface area contributed by atoms with Crippen molar-refractivity contribution >= 4 is 22.6 Å². The molecule has 0 aliphatic rings. The zero-order valence-corrected chi connectivity index (χ0v) is 17.3. The number of aryl methyl sites for hydroxylation is 1. The fourth-order valence-corrected chi connectivity index (χ4v) is 3.32. The van der Waals surface area contributed by atoms with E-state index in [0.29, 0.717) is 29.0 Å². The summed E-state index contributed by atoms with van der Waals surface area (Å²) < 4.78 is 57.8. The van der Waals surface area contributed by atoms with Crippen molar-refractivity contribution in [1.29, 1.82) is 5.26 Å². The first-order valence-electron chi connectivity index (χ1n) is 9.81. The monoisotopic (exact) mass is 445 g/mol. The van der Waals surface area contributed by atoms with Crippen LogP contribution in [0.5, 0.6) is 0 Å². The van der Waals surface area contributed by atoms with E-state index in [0.717, 1.165) is 17.7 Å². The van der Waals surface area contributed by atoms with E-state index in [2.05, 4.69) is 16.4 Å². The minimum atomic E-state index is -4.66. The second-order valence-electron chi connectivity index (χ2n) is 6.92. The number of anilines is 1. The molecular weight excluding hydrogens is 426 g/mol. The minimum absolute atomic E-state index is 0.0232. The van der Waals surface area contributed by atoms with E-state index in [4.69, 9.17) is 4.74 Å². The summed E-state index contributed by atoms with van der Waals surface area (Å²) >= 11 is 0.